The number of carbonyl (C=O) groups is 2. The Morgan fingerprint density at radius 2 is 1.89 bits per heavy atom. The van der Waals surface area contributed by atoms with Crippen molar-refractivity contribution in [2.75, 3.05) is 5.32 Å². The highest BCUT2D eigenvalue weighted by Crippen LogP contribution is 2.15. The van der Waals surface area contributed by atoms with Gasteiger partial charge in [-0.2, -0.15) is 0 Å². The van der Waals surface area contributed by atoms with Crippen molar-refractivity contribution in [3.05, 3.63) is 29.8 Å². The molecular weight excluding hydrogens is 228 g/mol. The Kier molecular flexibility index (Phi) is 5.36. The Morgan fingerprint density at radius 3 is 2.50 bits per heavy atom. The van der Waals surface area contributed by atoms with Crippen LogP contribution in [0.25, 0.3) is 0 Å². The molecule has 4 heteroatoms. The molecule has 1 atom stereocenters. The zero-order valence-electron chi connectivity index (χ0n) is 11.1. The average Bonchev–Trinajstić information content (AvgIpc) is 2.38. The van der Waals surface area contributed by atoms with Crippen molar-refractivity contribution < 1.29 is 9.59 Å². The molecule has 0 fully saturated rings. The number of benzene rings is 1. The molecule has 4 nitrogen and oxygen atoms in total. The van der Waals surface area contributed by atoms with E-state index in [0.717, 1.165) is 6.42 Å². The van der Waals surface area contributed by atoms with Gasteiger partial charge in [0.1, 0.15) is 0 Å². The first kappa shape index (κ1) is 14.2. The summed E-state index contributed by atoms with van der Waals surface area (Å²) < 4.78 is 0. The second-order valence-corrected chi connectivity index (χ2v) is 4.23. The first-order chi connectivity index (χ1) is 8.58. The summed E-state index contributed by atoms with van der Waals surface area (Å²) in [6.45, 7) is 5.73. The van der Waals surface area contributed by atoms with Crippen molar-refractivity contribution >= 4 is 17.5 Å². The summed E-state index contributed by atoms with van der Waals surface area (Å²) in [6, 6.07) is 7.15. The Morgan fingerprint density at radius 1 is 1.22 bits per heavy atom. The number of rotatable bonds is 5. The number of amides is 2. The monoisotopic (exact) mass is 248 g/mol. The molecule has 98 valence electrons. The van der Waals surface area contributed by atoms with Gasteiger partial charge in [-0.25, -0.2) is 0 Å². The fourth-order valence-electron chi connectivity index (χ4n) is 1.43. The lowest BCUT2D eigenvalue weighted by Crippen LogP contribution is -2.32. The quantitative estimate of drug-likeness (QED) is 0.841. The fraction of sp³-hybridized carbons (Fsp3) is 0.429. The summed E-state index contributed by atoms with van der Waals surface area (Å²) in [6.07, 6.45) is 1.26. The van der Waals surface area contributed by atoms with Crippen LogP contribution in [0.1, 0.15) is 44.0 Å². The topological polar surface area (TPSA) is 58.2 Å². The van der Waals surface area contributed by atoms with Gasteiger partial charge in [-0.3, -0.25) is 9.59 Å². The van der Waals surface area contributed by atoms with E-state index in [1.165, 1.54) is 0 Å². The van der Waals surface area contributed by atoms with E-state index in [4.69, 9.17) is 0 Å². The maximum absolute atomic E-state index is 12.0. The van der Waals surface area contributed by atoms with E-state index in [1.54, 1.807) is 31.2 Å². The summed E-state index contributed by atoms with van der Waals surface area (Å²) in [5, 5.41) is 5.62. The second-order valence-electron chi connectivity index (χ2n) is 4.23. The highest BCUT2D eigenvalue weighted by molar-refractivity contribution is 6.03. The largest absolute Gasteiger partial charge is 0.350 e. The Balaban J connectivity index is 2.87. The van der Waals surface area contributed by atoms with Crippen molar-refractivity contribution in [2.45, 2.75) is 39.7 Å². The maximum atomic E-state index is 12.0. The minimum Gasteiger partial charge on any atom is -0.350 e. The summed E-state index contributed by atoms with van der Waals surface area (Å²) in [5.41, 5.74) is 1.06. The number of hydrogen-bond acceptors (Lipinski definition) is 2. The zero-order chi connectivity index (χ0) is 13.5. The molecule has 0 radical (unpaired) electrons. The Hall–Kier alpha value is -1.84. The standard InChI is InChI=1S/C14H20N2O2/c1-4-10(3)15-14(18)11-8-6-7-9-12(11)16-13(17)5-2/h6-10H,4-5H2,1-3H3,(H,15,18)(H,16,17)/t10-/m0/s1. The third-order valence-corrected chi connectivity index (χ3v) is 2.76. The van der Waals surface area contributed by atoms with Crippen LogP contribution in [0.4, 0.5) is 5.69 Å². The van der Waals surface area contributed by atoms with E-state index >= 15 is 0 Å². The van der Waals surface area contributed by atoms with Gasteiger partial charge in [0.2, 0.25) is 5.91 Å². The molecule has 0 unspecified atom stereocenters. The molecule has 1 aromatic carbocycles. The van der Waals surface area contributed by atoms with E-state index in [-0.39, 0.29) is 17.9 Å². The molecule has 0 saturated heterocycles. The van der Waals surface area contributed by atoms with E-state index in [1.807, 2.05) is 13.8 Å². The van der Waals surface area contributed by atoms with E-state index in [2.05, 4.69) is 10.6 Å². The van der Waals surface area contributed by atoms with Gasteiger partial charge in [-0.05, 0) is 25.5 Å². The number of nitrogens with one attached hydrogen (secondary N) is 2. The van der Waals surface area contributed by atoms with Crippen LogP contribution in [0.15, 0.2) is 24.3 Å². The molecule has 0 saturated carbocycles. The zero-order valence-corrected chi connectivity index (χ0v) is 11.1. The van der Waals surface area contributed by atoms with Crippen LogP contribution in [-0.2, 0) is 4.79 Å². The molecular formula is C14H20N2O2. The molecule has 2 amide bonds. The van der Waals surface area contributed by atoms with Gasteiger partial charge >= 0.3 is 0 Å². The Bertz CT molecular complexity index is 430. The highest BCUT2D eigenvalue weighted by Gasteiger charge is 2.13. The first-order valence-corrected chi connectivity index (χ1v) is 6.28. The molecule has 0 aliphatic carbocycles. The molecule has 0 aliphatic rings. The smallest absolute Gasteiger partial charge is 0.253 e. The first-order valence-electron chi connectivity index (χ1n) is 6.28. The van der Waals surface area contributed by atoms with E-state index in [9.17, 15) is 9.59 Å². The predicted molar refractivity (Wildman–Crippen MR) is 72.6 cm³/mol. The minimum absolute atomic E-state index is 0.0983. The lowest BCUT2D eigenvalue weighted by molar-refractivity contribution is -0.115. The molecule has 0 aromatic heterocycles. The number of para-hydroxylation sites is 1. The van der Waals surface area contributed by atoms with Crippen LogP contribution in [0.2, 0.25) is 0 Å². The molecule has 0 spiro atoms. The highest BCUT2D eigenvalue weighted by atomic mass is 16.2. The van der Waals surface area contributed by atoms with Gasteiger partial charge in [-0.15, -0.1) is 0 Å². The lowest BCUT2D eigenvalue weighted by atomic mass is 10.1. The number of carbonyl (C=O) groups excluding carboxylic acids is 2. The minimum atomic E-state index is -0.156. The maximum Gasteiger partial charge on any atom is 0.253 e. The SMILES string of the molecule is CCC(=O)Nc1ccccc1C(=O)N[C@@H](C)CC. The summed E-state index contributed by atoms with van der Waals surface area (Å²) in [5.74, 6) is -0.254. The van der Waals surface area contributed by atoms with Gasteiger partial charge in [-0.1, -0.05) is 26.0 Å². The van der Waals surface area contributed by atoms with Crippen molar-refractivity contribution in [3.63, 3.8) is 0 Å². The molecule has 0 aliphatic heterocycles. The molecule has 0 heterocycles. The normalized spacial score (nSPS) is 11.7. The van der Waals surface area contributed by atoms with E-state index < -0.39 is 0 Å². The molecule has 1 rings (SSSR count). The number of hydrogen-bond donors (Lipinski definition) is 2. The molecule has 2 N–H and O–H groups in total. The van der Waals surface area contributed by atoms with Crippen molar-refractivity contribution in [1.29, 1.82) is 0 Å². The van der Waals surface area contributed by atoms with Crippen molar-refractivity contribution in [1.82, 2.24) is 5.32 Å². The van der Waals surface area contributed by atoms with Crippen molar-refractivity contribution in [3.8, 4) is 0 Å². The van der Waals surface area contributed by atoms with Crippen LogP contribution in [0, 0.1) is 0 Å². The van der Waals surface area contributed by atoms with Crippen molar-refractivity contribution in [2.24, 2.45) is 0 Å². The predicted octanol–water partition coefficient (Wildman–Crippen LogP) is 2.56. The molecule has 18 heavy (non-hydrogen) atoms. The van der Waals surface area contributed by atoms with Gasteiger partial charge in [0.25, 0.3) is 5.91 Å². The molecule has 0 bridgehead atoms. The van der Waals surface area contributed by atoms with Crippen LogP contribution in [-0.4, -0.2) is 17.9 Å². The van der Waals surface area contributed by atoms with Crippen LogP contribution in [0.5, 0.6) is 0 Å². The number of anilines is 1. The fourth-order valence-corrected chi connectivity index (χ4v) is 1.43. The van der Waals surface area contributed by atoms with Crippen LogP contribution in [0.3, 0.4) is 0 Å². The van der Waals surface area contributed by atoms with Crippen LogP contribution < -0.4 is 10.6 Å². The molecule has 1 aromatic rings. The van der Waals surface area contributed by atoms with Gasteiger partial charge < -0.3 is 10.6 Å². The van der Waals surface area contributed by atoms with E-state index in [0.29, 0.717) is 17.7 Å². The third kappa shape index (κ3) is 3.87. The second kappa shape index (κ2) is 6.79. The lowest BCUT2D eigenvalue weighted by Gasteiger charge is -2.14. The third-order valence-electron chi connectivity index (χ3n) is 2.76. The summed E-state index contributed by atoms with van der Waals surface area (Å²) in [7, 11) is 0. The van der Waals surface area contributed by atoms with Gasteiger partial charge in [0.15, 0.2) is 0 Å². The average molecular weight is 248 g/mol. The Labute approximate surface area is 108 Å². The van der Waals surface area contributed by atoms with Gasteiger partial charge in [0.05, 0.1) is 11.3 Å². The van der Waals surface area contributed by atoms with Crippen LogP contribution >= 0.6 is 0 Å². The summed E-state index contributed by atoms with van der Waals surface area (Å²) >= 11 is 0. The summed E-state index contributed by atoms with van der Waals surface area (Å²) in [4.78, 5) is 23.4. The van der Waals surface area contributed by atoms with Gasteiger partial charge in [0, 0.05) is 12.5 Å².